The second-order valence-electron chi connectivity index (χ2n) is 10.1. The van der Waals surface area contributed by atoms with Gasteiger partial charge in [0.05, 0.1) is 20.3 Å². The number of ether oxygens (including phenoxy) is 1. The van der Waals surface area contributed by atoms with E-state index >= 15 is 0 Å². The number of esters is 1. The van der Waals surface area contributed by atoms with E-state index in [-0.39, 0.29) is 25.8 Å². The van der Waals surface area contributed by atoms with Crippen LogP contribution in [0.15, 0.2) is 72.9 Å². The molecule has 0 aromatic heterocycles. The number of amides is 2. The third kappa shape index (κ3) is 19.4. The van der Waals surface area contributed by atoms with E-state index in [2.05, 4.69) is 70.9 Å². The molecule has 0 aliphatic heterocycles. The van der Waals surface area contributed by atoms with Crippen LogP contribution in [-0.2, 0) is 23.9 Å². The molecule has 1 atom stereocenters. The lowest BCUT2D eigenvalue weighted by Gasteiger charge is -2.36. The average molecular weight is 617 g/mol. The van der Waals surface area contributed by atoms with Crippen LogP contribution in [0.4, 0.5) is 0 Å². The van der Waals surface area contributed by atoms with Crippen LogP contribution in [0.3, 0.4) is 0 Å². The number of aliphatic hydroxyl groups is 2. The first-order valence-electron chi connectivity index (χ1n) is 15.3. The molecule has 246 valence electrons. The Morgan fingerprint density at radius 1 is 0.773 bits per heavy atom. The number of nitrogens with one attached hydrogen (secondary N) is 2. The largest absolute Gasteiger partial charge is 0.479 e. The molecule has 0 saturated heterocycles. The SMILES string of the molecule is CCC=CCC=CCC=CCC=CCC=CCCCC(=O)N[C@](CCCCNC(=O)C=CC(=O)OC)(C(=O)O)C(CO)CO. The first-order valence-corrected chi connectivity index (χ1v) is 15.3. The number of methoxy groups -OCH3 is 1. The third-order valence-corrected chi connectivity index (χ3v) is 6.68. The van der Waals surface area contributed by atoms with Gasteiger partial charge in [0, 0.05) is 31.0 Å². The molecule has 2 amide bonds. The lowest BCUT2D eigenvalue weighted by Crippen LogP contribution is -2.61. The third-order valence-electron chi connectivity index (χ3n) is 6.68. The molecule has 0 heterocycles. The number of rotatable bonds is 25. The minimum atomic E-state index is -1.85. The molecular weight excluding hydrogens is 564 g/mol. The van der Waals surface area contributed by atoms with Gasteiger partial charge in [0.25, 0.3) is 0 Å². The number of aliphatic carboxylic acids is 1. The molecule has 0 aliphatic carbocycles. The van der Waals surface area contributed by atoms with E-state index in [4.69, 9.17) is 0 Å². The molecule has 0 spiro atoms. The fraction of sp³-hybridized carbons (Fsp3) is 0.529. The van der Waals surface area contributed by atoms with Crippen molar-refractivity contribution in [2.45, 2.75) is 83.1 Å². The summed E-state index contributed by atoms with van der Waals surface area (Å²) in [6, 6.07) is 0. The maximum Gasteiger partial charge on any atom is 0.330 e. The highest BCUT2D eigenvalue weighted by Crippen LogP contribution is 2.25. The number of carboxylic acids is 1. The van der Waals surface area contributed by atoms with Crippen molar-refractivity contribution < 1.29 is 39.2 Å². The van der Waals surface area contributed by atoms with Gasteiger partial charge in [0.2, 0.25) is 11.8 Å². The predicted molar refractivity (Wildman–Crippen MR) is 172 cm³/mol. The van der Waals surface area contributed by atoms with E-state index in [0.29, 0.717) is 19.3 Å². The van der Waals surface area contributed by atoms with E-state index in [0.717, 1.165) is 44.3 Å². The Kier molecular flexibility index (Phi) is 24.5. The smallest absolute Gasteiger partial charge is 0.330 e. The van der Waals surface area contributed by atoms with Gasteiger partial charge in [-0.3, -0.25) is 9.59 Å². The molecule has 10 heteroatoms. The molecule has 0 saturated carbocycles. The van der Waals surface area contributed by atoms with Crippen LogP contribution in [0.5, 0.6) is 0 Å². The molecule has 10 nitrogen and oxygen atoms in total. The van der Waals surface area contributed by atoms with E-state index in [9.17, 15) is 34.5 Å². The molecule has 0 aromatic rings. The van der Waals surface area contributed by atoms with Crippen molar-refractivity contribution in [3.63, 3.8) is 0 Å². The Bertz CT molecular complexity index is 1010. The minimum absolute atomic E-state index is 0.0531. The normalized spacial score (nSPS) is 13.7. The summed E-state index contributed by atoms with van der Waals surface area (Å²) in [6.45, 7) is 1.07. The summed E-state index contributed by atoms with van der Waals surface area (Å²) in [7, 11) is 1.19. The molecule has 0 unspecified atom stereocenters. The molecule has 0 rings (SSSR count). The standard InChI is InChI=1S/C34H52N2O8/c1-3-4-5-6-7-8-9-10-11-12-13-14-15-16-17-18-19-22-31(40)36-34(33(42)43,29(27-37)28-38)25-20-21-26-35-30(39)23-24-32(41)44-2/h4-5,7-8,10-11,13-14,16-17,23-24,29,37-38H,3,6,9,12,15,18-22,25-28H2,1-2H3,(H,35,39)(H,36,40)(H,42,43)/t34-/m0/s1. The zero-order valence-electron chi connectivity index (χ0n) is 26.3. The summed E-state index contributed by atoms with van der Waals surface area (Å²) in [5.74, 6) is -4.11. The van der Waals surface area contributed by atoms with Gasteiger partial charge < -0.3 is 30.7 Å². The minimum Gasteiger partial charge on any atom is -0.479 e. The van der Waals surface area contributed by atoms with Crippen LogP contribution in [0, 0.1) is 5.92 Å². The Morgan fingerprint density at radius 3 is 1.82 bits per heavy atom. The number of carboxylic acid groups (broad SMARTS) is 1. The fourth-order valence-corrected chi connectivity index (χ4v) is 4.14. The number of aliphatic hydroxyl groups excluding tert-OH is 2. The van der Waals surface area contributed by atoms with E-state index < -0.39 is 48.4 Å². The summed E-state index contributed by atoms with van der Waals surface area (Å²) in [5, 5.41) is 34.7. The van der Waals surface area contributed by atoms with Gasteiger partial charge >= 0.3 is 11.9 Å². The highest BCUT2D eigenvalue weighted by atomic mass is 16.5. The summed E-state index contributed by atoms with van der Waals surface area (Å²) >= 11 is 0. The topological polar surface area (TPSA) is 162 Å². The Hall–Kier alpha value is -3.76. The Labute approximate surface area is 262 Å². The monoisotopic (exact) mass is 616 g/mol. The van der Waals surface area contributed by atoms with Crippen molar-refractivity contribution >= 4 is 23.8 Å². The molecule has 0 radical (unpaired) electrons. The zero-order valence-corrected chi connectivity index (χ0v) is 26.3. The van der Waals surface area contributed by atoms with Crippen molar-refractivity contribution in [3.8, 4) is 0 Å². The number of carbonyl (C=O) groups excluding carboxylic acids is 3. The van der Waals surface area contributed by atoms with E-state index in [1.54, 1.807) is 0 Å². The quantitative estimate of drug-likeness (QED) is 0.0435. The first kappa shape index (κ1) is 40.2. The summed E-state index contributed by atoms with van der Waals surface area (Å²) in [5.41, 5.74) is -1.85. The zero-order chi connectivity index (χ0) is 32.9. The van der Waals surface area contributed by atoms with Crippen LogP contribution < -0.4 is 10.6 Å². The van der Waals surface area contributed by atoms with Gasteiger partial charge in [-0.2, -0.15) is 0 Å². The van der Waals surface area contributed by atoms with Gasteiger partial charge in [-0.25, -0.2) is 9.59 Å². The maximum absolute atomic E-state index is 12.7. The summed E-state index contributed by atoms with van der Waals surface area (Å²) in [6.07, 6.45) is 29.6. The maximum atomic E-state index is 12.7. The number of unbranched alkanes of at least 4 members (excludes halogenated alkanes) is 2. The van der Waals surface area contributed by atoms with Gasteiger partial charge in [-0.1, -0.05) is 67.7 Å². The second kappa shape index (κ2) is 26.8. The average Bonchev–Trinajstić information content (AvgIpc) is 3.01. The second-order valence-corrected chi connectivity index (χ2v) is 10.1. The van der Waals surface area contributed by atoms with Crippen molar-refractivity contribution in [3.05, 3.63) is 72.9 Å². The highest BCUT2D eigenvalue weighted by molar-refractivity contribution is 5.94. The van der Waals surface area contributed by atoms with Gasteiger partial charge in [0.15, 0.2) is 0 Å². The van der Waals surface area contributed by atoms with Crippen LogP contribution in [0.2, 0.25) is 0 Å². The highest BCUT2D eigenvalue weighted by Gasteiger charge is 2.46. The molecule has 0 aliphatic rings. The van der Waals surface area contributed by atoms with Crippen molar-refractivity contribution in [1.29, 1.82) is 0 Å². The van der Waals surface area contributed by atoms with Gasteiger partial charge in [-0.05, 0) is 64.2 Å². The lowest BCUT2D eigenvalue weighted by atomic mass is 9.80. The van der Waals surface area contributed by atoms with Crippen LogP contribution in [0.25, 0.3) is 0 Å². The summed E-state index contributed by atoms with van der Waals surface area (Å²) < 4.78 is 4.41. The van der Waals surface area contributed by atoms with E-state index in [1.807, 2.05) is 12.2 Å². The van der Waals surface area contributed by atoms with Crippen LogP contribution >= 0.6 is 0 Å². The fourth-order valence-electron chi connectivity index (χ4n) is 4.14. The van der Waals surface area contributed by atoms with Crippen molar-refractivity contribution in [2.24, 2.45) is 5.92 Å². The molecule has 44 heavy (non-hydrogen) atoms. The number of allylic oxidation sites excluding steroid dienone is 10. The van der Waals surface area contributed by atoms with Crippen molar-refractivity contribution in [2.75, 3.05) is 26.9 Å². The predicted octanol–water partition coefficient (Wildman–Crippen LogP) is 4.46. The molecule has 0 aromatic carbocycles. The van der Waals surface area contributed by atoms with Crippen LogP contribution in [0.1, 0.15) is 77.6 Å². The Balaban J connectivity index is 4.59. The van der Waals surface area contributed by atoms with Crippen LogP contribution in [-0.4, -0.2) is 71.5 Å². The Morgan fingerprint density at radius 2 is 1.32 bits per heavy atom. The van der Waals surface area contributed by atoms with Crippen molar-refractivity contribution in [1.82, 2.24) is 10.6 Å². The van der Waals surface area contributed by atoms with E-state index in [1.165, 1.54) is 7.11 Å². The molecule has 0 bridgehead atoms. The molecule has 5 N–H and O–H groups in total. The lowest BCUT2D eigenvalue weighted by molar-refractivity contribution is -0.153. The molecular formula is C34H52N2O8. The number of hydrogen-bond acceptors (Lipinski definition) is 7. The first-order chi connectivity index (χ1) is 21.3. The number of hydrogen-bond donors (Lipinski definition) is 5. The number of carbonyl (C=O) groups is 4. The van der Waals surface area contributed by atoms with Gasteiger partial charge in [0.1, 0.15) is 5.54 Å². The van der Waals surface area contributed by atoms with Gasteiger partial charge in [-0.15, -0.1) is 0 Å². The molecule has 0 fully saturated rings. The summed E-state index contributed by atoms with van der Waals surface area (Å²) in [4.78, 5) is 47.8.